The molecule has 1 fully saturated rings. The number of nitrogens with zero attached hydrogens (tertiary/aromatic N) is 2. The van der Waals surface area contributed by atoms with Crippen molar-refractivity contribution in [2.45, 2.75) is 62.6 Å². The van der Waals surface area contributed by atoms with Crippen LogP contribution in [0.15, 0.2) is 44.7 Å². The Labute approximate surface area is 166 Å². The zero-order valence-corrected chi connectivity index (χ0v) is 17.4. The summed E-state index contributed by atoms with van der Waals surface area (Å²) >= 11 is 1.97. The number of nitrogens with one attached hydrogen (secondary N) is 2. The molecule has 1 heterocycles. The second-order valence-corrected chi connectivity index (χ2v) is 8.43. The Morgan fingerprint density at radius 1 is 1.15 bits per heavy atom. The van der Waals surface area contributed by atoms with E-state index in [4.69, 9.17) is 9.52 Å². The zero-order chi connectivity index (χ0) is 19.1. The molecule has 2 N–H and O–H groups in total. The molecule has 0 aliphatic heterocycles. The molecule has 0 unspecified atom stereocenters. The number of benzene rings is 1. The number of aromatic nitrogens is 1. The van der Waals surface area contributed by atoms with E-state index < -0.39 is 0 Å². The minimum Gasteiger partial charge on any atom is -0.361 e. The van der Waals surface area contributed by atoms with E-state index in [2.05, 4.69) is 66.9 Å². The van der Waals surface area contributed by atoms with E-state index in [0.29, 0.717) is 6.54 Å². The molecule has 1 aliphatic rings. The van der Waals surface area contributed by atoms with Crippen LogP contribution in [0.1, 0.15) is 50.6 Å². The summed E-state index contributed by atoms with van der Waals surface area (Å²) in [5.74, 6) is 1.81. The van der Waals surface area contributed by atoms with Gasteiger partial charge in [0.1, 0.15) is 5.76 Å². The van der Waals surface area contributed by atoms with E-state index in [1.165, 1.54) is 17.7 Å². The topological polar surface area (TPSA) is 62.5 Å². The molecule has 0 saturated heterocycles. The van der Waals surface area contributed by atoms with Crippen molar-refractivity contribution in [3.63, 3.8) is 0 Å². The Bertz CT molecular complexity index is 731. The van der Waals surface area contributed by atoms with Crippen LogP contribution in [0.4, 0.5) is 0 Å². The highest BCUT2D eigenvalue weighted by Gasteiger charge is 2.43. The normalized spacial score (nSPS) is 15.6. The lowest BCUT2D eigenvalue weighted by Crippen LogP contribution is -2.41. The van der Waals surface area contributed by atoms with Crippen LogP contribution in [-0.4, -0.2) is 29.0 Å². The molecule has 0 radical (unpaired) electrons. The van der Waals surface area contributed by atoms with Crippen LogP contribution in [0.3, 0.4) is 0 Å². The molecule has 0 amide bonds. The number of hydrogen-bond donors (Lipinski definition) is 2. The highest BCUT2D eigenvalue weighted by molar-refractivity contribution is 8.01. The molecular weight excluding hydrogens is 356 g/mol. The van der Waals surface area contributed by atoms with Gasteiger partial charge in [-0.15, -0.1) is 11.8 Å². The van der Waals surface area contributed by atoms with Crippen molar-refractivity contribution in [2.24, 2.45) is 4.99 Å². The smallest absolute Gasteiger partial charge is 0.191 e. The molecular formula is C21H30N4OS. The second-order valence-electron chi connectivity index (χ2n) is 6.88. The third-order valence-corrected chi connectivity index (χ3v) is 6.30. The number of rotatable bonds is 9. The van der Waals surface area contributed by atoms with Gasteiger partial charge in [-0.3, -0.25) is 0 Å². The molecule has 0 atom stereocenters. The summed E-state index contributed by atoms with van der Waals surface area (Å²) in [6.07, 6.45) is 4.20. The van der Waals surface area contributed by atoms with Crippen molar-refractivity contribution < 1.29 is 4.52 Å². The molecule has 2 aromatic rings. The molecule has 0 bridgehead atoms. The van der Waals surface area contributed by atoms with Gasteiger partial charge in [0, 0.05) is 34.7 Å². The minimum atomic E-state index is 0.290. The quantitative estimate of drug-likeness (QED) is 0.500. The van der Waals surface area contributed by atoms with Gasteiger partial charge in [0.25, 0.3) is 0 Å². The third kappa shape index (κ3) is 5.28. The van der Waals surface area contributed by atoms with E-state index in [1.54, 1.807) is 0 Å². The molecule has 27 heavy (non-hydrogen) atoms. The molecule has 3 rings (SSSR count). The van der Waals surface area contributed by atoms with Crippen LogP contribution in [-0.2, 0) is 19.4 Å². The average Bonchev–Trinajstić information content (AvgIpc) is 3.34. The number of hydrogen-bond acceptors (Lipinski definition) is 4. The highest BCUT2D eigenvalue weighted by Crippen LogP contribution is 2.51. The Morgan fingerprint density at radius 3 is 2.56 bits per heavy atom. The van der Waals surface area contributed by atoms with Crippen molar-refractivity contribution in [2.75, 3.05) is 13.1 Å². The van der Waals surface area contributed by atoms with Gasteiger partial charge in [0.15, 0.2) is 5.96 Å². The predicted octanol–water partition coefficient (Wildman–Crippen LogP) is 4.18. The lowest BCUT2D eigenvalue weighted by atomic mass is 10.1. The maximum Gasteiger partial charge on any atom is 0.191 e. The predicted molar refractivity (Wildman–Crippen MR) is 112 cm³/mol. The zero-order valence-electron chi connectivity index (χ0n) is 16.5. The number of guanidine groups is 1. The molecule has 146 valence electrons. The molecule has 5 nitrogen and oxygen atoms in total. The fourth-order valence-corrected chi connectivity index (χ4v) is 4.30. The Morgan fingerprint density at radius 2 is 1.93 bits per heavy atom. The van der Waals surface area contributed by atoms with Crippen molar-refractivity contribution >= 4 is 17.7 Å². The fourth-order valence-electron chi connectivity index (χ4n) is 3.05. The van der Waals surface area contributed by atoms with Crippen LogP contribution in [0.2, 0.25) is 0 Å². The molecule has 6 heteroatoms. The Kier molecular flexibility index (Phi) is 6.83. The molecule has 0 spiro atoms. The molecule has 1 aromatic heterocycles. The summed E-state index contributed by atoms with van der Waals surface area (Å²) < 4.78 is 5.74. The average molecular weight is 387 g/mol. The minimum absolute atomic E-state index is 0.290. The van der Waals surface area contributed by atoms with Gasteiger partial charge in [-0.2, -0.15) is 0 Å². The maximum atomic E-state index is 5.46. The third-order valence-electron chi connectivity index (χ3n) is 4.81. The first kappa shape index (κ1) is 19.8. The lowest BCUT2D eigenvalue weighted by molar-refractivity contribution is 0.380. The number of aryl methyl sites for hydroxylation is 2. The van der Waals surface area contributed by atoms with Gasteiger partial charge < -0.3 is 15.2 Å². The van der Waals surface area contributed by atoms with Gasteiger partial charge in [-0.1, -0.05) is 37.2 Å². The van der Waals surface area contributed by atoms with E-state index in [1.807, 2.05) is 11.8 Å². The largest absolute Gasteiger partial charge is 0.361 e. The summed E-state index contributed by atoms with van der Waals surface area (Å²) in [7, 11) is 0. The first-order valence-corrected chi connectivity index (χ1v) is 10.7. The SMILES string of the molecule is CCNC(=NCc1c(CC)noc1CC)NCC1(Sc2ccccc2)CC1. The summed E-state index contributed by atoms with van der Waals surface area (Å²) in [4.78, 5) is 6.13. The van der Waals surface area contributed by atoms with E-state index in [0.717, 1.165) is 48.9 Å². The molecule has 1 aliphatic carbocycles. The summed E-state index contributed by atoms with van der Waals surface area (Å²) in [5, 5.41) is 11.1. The van der Waals surface area contributed by atoms with Crippen molar-refractivity contribution in [3.8, 4) is 0 Å². The van der Waals surface area contributed by atoms with Crippen molar-refractivity contribution in [1.29, 1.82) is 0 Å². The second kappa shape index (κ2) is 9.31. The van der Waals surface area contributed by atoms with Crippen molar-refractivity contribution in [3.05, 3.63) is 47.3 Å². The van der Waals surface area contributed by atoms with Gasteiger partial charge in [-0.25, -0.2) is 4.99 Å². The van der Waals surface area contributed by atoms with Gasteiger partial charge >= 0.3 is 0 Å². The first-order valence-electron chi connectivity index (χ1n) is 9.92. The summed E-state index contributed by atoms with van der Waals surface area (Å²) in [6.45, 7) is 8.65. The summed E-state index contributed by atoms with van der Waals surface area (Å²) in [5.41, 5.74) is 2.15. The Balaban J connectivity index is 1.62. The Hall–Kier alpha value is -1.95. The lowest BCUT2D eigenvalue weighted by Gasteiger charge is -2.18. The fraction of sp³-hybridized carbons (Fsp3) is 0.524. The van der Waals surface area contributed by atoms with Gasteiger partial charge in [-0.05, 0) is 38.3 Å². The van der Waals surface area contributed by atoms with Crippen LogP contribution in [0.5, 0.6) is 0 Å². The molecule has 1 saturated carbocycles. The van der Waals surface area contributed by atoms with E-state index in [9.17, 15) is 0 Å². The van der Waals surface area contributed by atoms with E-state index >= 15 is 0 Å². The van der Waals surface area contributed by atoms with Gasteiger partial charge in [0.2, 0.25) is 0 Å². The number of thioether (sulfide) groups is 1. The maximum absolute atomic E-state index is 5.46. The first-order chi connectivity index (χ1) is 13.2. The van der Waals surface area contributed by atoms with Crippen LogP contribution >= 0.6 is 11.8 Å². The standard InChI is InChI=1S/C21H30N4OS/c1-4-18-17(19(5-2)26-25-18)14-23-20(22-6-3)24-15-21(12-13-21)27-16-10-8-7-9-11-16/h7-11H,4-6,12-15H2,1-3H3,(H2,22,23,24). The van der Waals surface area contributed by atoms with E-state index in [-0.39, 0.29) is 4.75 Å². The van der Waals surface area contributed by atoms with Crippen LogP contribution in [0.25, 0.3) is 0 Å². The molecule has 1 aromatic carbocycles. The number of aliphatic imine (C=N–C) groups is 1. The van der Waals surface area contributed by atoms with Crippen LogP contribution < -0.4 is 10.6 Å². The van der Waals surface area contributed by atoms with Crippen molar-refractivity contribution in [1.82, 2.24) is 15.8 Å². The van der Waals surface area contributed by atoms with Gasteiger partial charge in [0.05, 0.1) is 12.2 Å². The monoisotopic (exact) mass is 386 g/mol. The highest BCUT2D eigenvalue weighted by atomic mass is 32.2. The van der Waals surface area contributed by atoms with Crippen LogP contribution in [0, 0.1) is 0 Å². The summed E-state index contributed by atoms with van der Waals surface area (Å²) in [6, 6.07) is 10.7.